The molecule has 0 bridgehead atoms. The van der Waals surface area contributed by atoms with Crippen LogP contribution in [0.25, 0.3) is 6.08 Å². The lowest BCUT2D eigenvalue weighted by Crippen LogP contribution is -2.30. The van der Waals surface area contributed by atoms with Crippen LogP contribution in [0.4, 0.5) is 5.69 Å². The third-order valence-electron chi connectivity index (χ3n) is 4.94. The summed E-state index contributed by atoms with van der Waals surface area (Å²) in [6.45, 7) is 0. The third kappa shape index (κ3) is 3.28. The molecule has 0 fully saturated rings. The Hall–Kier alpha value is -4.52. The molecule has 2 aliphatic rings. The van der Waals surface area contributed by atoms with Crippen LogP contribution in [0.5, 0.6) is 5.75 Å². The number of hydrazone groups is 1. The lowest BCUT2D eigenvalue weighted by Gasteiger charge is -2.13. The predicted octanol–water partition coefficient (Wildman–Crippen LogP) is 3.38. The number of carbonyl (C=O) groups excluding carboxylic acids is 2. The SMILES string of the molecule is O=C1Nc2ccccc2/C1=N/N1C(=O)/C(=C/c2ccccc2O)N=C1c1ccccc1. The van der Waals surface area contributed by atoms with Gasteiger partial charge in [-0.1, -0.05) is 66.7 Å². The number of aliphatic imine (C=N–C) groups is 1. The van der Waals surface area contributed by atoms with E-state index in [4.69, 9.17) is 0 Å². The van der Waals surface area contributed by atoms with Crippen LogP contribution in [0.3, 0.4) is 0 Å². The standard InChI is InChI=1S/C24H16N4O3/c29-20-13-7-4-10-16(20)14-19-24(31)28(22(25-19)15-8-2-1-3-9-15)27-21-17-11-5-6-12-18(17)26-23(21)30/h1-14,29H,(H,26,27,30)/b19-14-. The van der Waals surface area contributed by atoms with E-state index in [1.54, 1.807) is 36.4 Å². The van der Waals surface area contributed by atoms with Gasteiger partial charge in [0, 0.05) is 16.7 Å². The van der Waals surface area contributed by atoms with Gasteiger partial charge in [0.25, 0.3) is 11.8 Å². The number of anilines is 1. The fourth-order valence-electron chi connectivity index (χ4n) is 3.43. The highest BCUT2D eigenvalue weighted by atomic mass is 16.3. The van der Waals surface area contributed by atoms with Gasteiger partial charge in [0.2, 0.25) is 0 Å². The van der Waals surface area contributed by atoms with E-state index in [1.807, 2.05) is 36.4 Å². The molecule has 0 unspecified atom stereocenters. The van der Waals surface area contributed by atoms with Crippen molar-refractivity contribution in [1.29, 1.82) is 0 Å². The summed E-state index contributed by atoms with van der Waals surface area (Å²) in [5, 5.41) is 18.4. The number of nitrogens with one attached hydrogen (secondary N) is 1. The molecule has 0 saturated heterocycles. The molecular formula is C24H16N4O3. The highest BCUT2D eigenvalue weighted by molar-refractivity contribution is 6.54. The van der Waals surface area contributed by atoms with Crippen LogP contribution in [0.1, 0.15) is 16.7 Å². The largest absolute Gasteiger partial charge is 0.507 e. The molecule has 31 heavy (non-hydrogen) atoms. The Labute approximate surface area is 177 Å². The highest BCUT2D eigenvalue weighted by Crippen LogP contribution is 2.28. The molecule has 7 nitrogen and oxygen atoms in total. The minimum atomic E-state index is -0.494. The van der Waals surface area contributed by atoms with E-state index < -0.39 is 5.91 Å². The Bertz CT molecular complexity index is 1310. The topological polar surface area (TPSA) is 94.4 Å². The average Bonchev–Trinajstić information content (AvgIpc) is 3.27. The first-order valence-corrected chi connectivity index (χ1v) is 9.59. The zero-order valence-electron chi connectivity index (χ0n) is 16.2. The predicted molar refractivity (Wildman–Crippen MR) is 118 cm³/mol. The molecule has 7 heteroatoms. The van der Waals surface area contributed by atoms with Crippen molar-refractivity contribution < 1.29 is 14.7 Å². The van der Waals surface area contributed by atoms with Crippen molar-refractivity contribution in [1.82, 2.24) is 5.01 Å². The van der Waals surface area contributed by atoms with Crippen molar-refractivity contribution in [3.63, 3.8) is 0 Å². The van der Waals surface area contributed by atoms with Crippen LogP contribution in [-0.2, 0) is 9.59 Å². The first-order chi connectivity index (χ1) is 15.1. The fourth-order valence-corrected chi connectivity index (χ4v) is 3.43. The zero-order valence-corrected chi connectivity index (χ0v) is 16.2. The smallest absolute Gasteiger partial charge is 0.298 e. The molecule has 2 N–H and O–H groups in total. The number of para-hydroxylation sites is 2. The fraction of sp³-hybridized carbons (Fsp3) is 0. The van der Waals surface area contributed by atoms with Crippen molar-refractivity contribution in [3.05, 3.63) is 101 Å². The maximum atomic E-state index is 13.2. The van der Waals surface area contributed by atoms with Crippen LogP contribution < -0.4 is 5.32 Å². The normalized spacial score (nSPS) is 17.8. The molecule has 0 saturated carbocycles. The van der Waals surface area contributed by atoms with Gasteiger partial charge < -0.3 is 10.4 Å². The Kier molecular flexibility index (Phi) is 4.41. The molecule has 2 amide bonds. The number of carbonyl (C=O) groups is 2. The number of rotatable bonds is 3. The summed E-state index contributed by atoms with van der Waals surface area (Å²) < 4.78 is 0. The highest BCUT2D eigenvalue weighted by Gasteiger charge is 2.34. The molecule has 0 aliphatic carbocycles. The van der Waals surface area contributed by atoms with E-state index in [9.17, 15) is 14.7 Å². The third-order valence-corrected chi connectivity index (χ3v) is 4.94. The van der Waals surface area contributed by atoms with Crippen LogP contribution in [0.2, 0.25) is 0 Å². The van der Waals surface area contributed by atoms with E-state index >= 15 is 0 Å². The van der Waals surface area contributed by atoms with Gasteiger partial charge in [-0.2, -0.15) is 10.1 Å². The number of aromatic hydroxyl groups is 1. The average molecular weight is 408 g/mol. The number of amidine groups is 1. The van der Waals surface area contributed by atoms with Gasteiger partial charge in [-0.05, 0) is 18.2 Å². The second-order valence-electron chi connectivity index (χ2n) is 6.96. The molecule has 2 heterocycles. The number of phenolic OH excluding ortho intramolecular Hbond substituents is 1. The number of nitrogens with zero attached hydrogens (tertiary/aromatic N) is 3. The van der Waals surface area contributed by atoms with Gasteiger partial charge >= 0.3 is 0 Å². The number of hydrogen-bond donors (Lipinski definition) is 2. The minimum Gasteiger partial charge on any atom is -0.507 e. The monoisotopic (exact) mass is 408 g/mol. The van der Waals surface area contributed by atoms with Crippen LogP contribution in [0, 0.1) is 0 Å². The van der Waals surface area contributed by atoms with Crippen LogP contribution in [0.15, 0.2) is 94.7 Å². The Morgan fingerprint density at radius 2 is 1.61 bits per heavy atom. The van der Waals surface area contributed by atoms with Gasteiger partial charge in [0.1, 0.15) is 11.4 Å². The summed E-state index contributed by atoms with van der Waals surface area (Å²) in [4.78, 5) is 30.2. The first kappa shape index (κ1) is 18.5. The molecule has 150 valence electrons. The maximum Gasteiger partial charge on any atom is 0.298 e. The zero-order chi connectivity index (χ0) is 21.4. The molecule has 3 aromatic rings. The quantitative estimate of drug-likeness (QED) is 0.651. The summed E-state index contributed by atoms with van der Waals surface area (Å²) in [6, 6.07) is 23.0. The number of phenols is 1. The molecule has 0 radical (unpaired) electrons. The van der Waals surface area contributed by atoms with Crippen molar-refractivity contribution in [2.24, 2.45) is 10.1 Å². The number of amides is 2. The maximum absolute atomic E-state index is 13.2. The molecular weight excluding hydrogens is 392 g/mol. The summed E-state index contributed by atoms with van der Waals surface area (Å²) in [5.74, 6) is -0.545. The lowest BCUT2D eigenvalue weighted by atomic mass is 10.1. The summed E-state index contributed by atoms with van der Waals surface area (Å²) in [5.41, 5.74) is 2.63. The van der Waals surface area contributed by atoms with E-state index in [0.29, 0.717) is 28.2 Å². The Morgan fingerprint density at radius 1 is 0.903 bits per heavy atom. The Morgan fingerprint density at radius 3 is 2.42 bits per heavy atom. The van der Waals surface area contributed by atoms with Gasteiger partial charge in [0.05, 0.1) is 5.69 Å². The lowest BCUT2D eigenvalue weighted by molar-refractivity contribution is -0.122. The number of hydrogen-bond acceptors (Lipinski definition) is 5. The van der Waals surface area contributed by atoms with Crippen molar-refractivity contribution in [3.8, 4) is 5.75 Å². The molecule has 2 aliphatic heterocycles. The van der Waals surface area contributed by atoms with E-state index in [2.05, 4.69) is 15.4 Å². The van der Waals surface area contributed by atoms with Gasteiger partial charge in [-0.15, -0.1) is 0 Å². The van der Waals surface area contributed by atoms with E-state index in [0.717, 1.165) is 5.01 Å². The second-order valence-corrected chi connectivity index (χ2v) is 6.96. The number of fused-ring (bicyclic) bond motifs is 1. The van der Waals surface area contributed by atoms with Crippen molar-refractivity contribution in [2.75, 3.05) is 5.32 Å². The van der Waals surface area contributed by atoms with E-state index in [1.165, 1.54) is 12.1 Å². The molecule has 5 rings (SSSR count). The minimum absolute atomic E-state index is 0.0353. The first-order valence-electron chi connectivity index (χ1n) is 9.59. The van der Waals surface area contributed by atoms with E-state index in [-0.39, 0.29) is 23.1 Å². The summed E-state index contributed by atoms with van der Waals surface area (Å²) in [7, 11) is 0. The van der Waals surface area contributed by atoms with Crippen LogP contribution in [-0.4, -0.2) is 33.5 Å². The number of benzene rings is 3. The van der Waals surface area contributed by atoms with Crippen molar-refractivity contribution >= 4 is 35.1 Å². The van der Waals surface area contributed by atoms with Gasteiger partial charge in [0.15, 0.2) is 11.5 Å². The summed E-state index contributed by atoms with van der Waals surface area (Å²) in [6.07, 6.45) is 1.50. The molecule has 3 aromatic carbocycles. The Balaban J connectivity index is 1.63. The molecule has 0 aromatic heterocycles. The molecule has 0 atom stereocenters. The van der Waals surface area contributed by atoms with Gasteiger partial charge in [-0.3, -0.25) is 9.59 Å². The molecule has 0 spiro atoms. The van der Waals surface area contributed by atoms with Crippen molar-refractivity contribution in [2.45, 2.75) is 0 Å². The summed E-state index contributed by atoms with van der Waals surface area (Å²) >= 11 is 0. The van der Waals surface area contributed by atoms with Gasteiger partial charge in [-0.25, -0.2) is 4.99 Å². The van der Waals surface area contributed by atoms with Crippen LogP contribution >= 0.6 is 0 Å². The second kappa shape index (κ2) is 7.38.